The quantitative estimate of drug-likeness (QED) is 0.633. The molecule has 0 aliphatic heterocycles. The highest BCUT2D eigenvalue weighted by Gasteiger charge is 2.31. The van der Waals surface area contributed by atoms with Crippen molar-refractivity contribution in [3.05, 3.63) is 53.9 Å². The predicted octanol–water partition coefficient (Wildman–Crippen LogP) is 3.42. The van der Waals surface area contributed by atoms with Gasteiger partial charge in [-0.3, -0.25) is 4.79 Å². The monoisotopic (exact) mass is 320 g/mol. The molecule has 4 N–H and O–H groups in total. The van der Waals surface area contributed by atoms with Gasteiger partial charge in [-0.05, 0) is 30.3 Å². The molecule has 0 fully saturated rings. The standard InChI is InChI=1S/C15H11F3N4O/c16-15(17,18)9-1-2-11(19)10(6-9)14(23)22-13-5-8-3-4-20-12(8)7-21-13/h1-7,20H,19H2,(H,21,22,23). The van der Waals surface area contributed by atoms with Crippen LogP contribution < -0.4 is 11.1 Å². The van der Waals surface area contributed by atoms with Crippen molar-refractivity contribution >= 4 is 28.3 Å². The number of anilines is 2. The summed E-state index contributed by atoms with van der Waals surface area (Å²) >= 11 is 0. The van der Waals surface area contributed by atoms with Gasteiger partial charge in [-0.2, -0.15) is 13.2 Å². The zero-order valence-electron chi connectivity index (χ0n) is 11.6. The van der Waals surface area contributed by atoms with Gasteiger partial charge in [0.15, 0.2) is 0 Å². The minimum absolute atomic E-state index is 0.0433. The Bertz CT molecular complexity index is 886. The number of aromatic nitrogens is 2. The topological polar surface area (TPSA) is 83.8 Å². The second-order valence-corrected chi connectivity index (χ2v) is 4.89. The number of benzene rings is 1. The van der Waals surface area contributed by atoms with Crippen molar-refractivity contribution in [1.29, 1.82) is 0 Å². The van der Waals surface area contributed by atoms with Gasteiger partial charge in [0.1, 0.15) is 5.82 Å². The van der Waals surface area contributed by atoms with Crippen LogP contribution in [-0.2, 0) is 6.18 Å². The molecule has 3 aromatic rings. The summed E-state index contributed by atoms with van der Waals surface area (Å²) in [5.41, 5.74) is 5.15. The molecule has 0 atom stereocenters. The van der Waals surface area contributed by atoms with E-state index in [1.807, 2.05) is 0 Å². The molecular weight excluding hydrogens is 309 g/mol. The van der Waals surface area contributed by atoms with Crippen LogP contribution in [0.25, 0.3) is 10.9 Å². The second kappa shape index (κ2) is 5.31. The van der Waals surface area contributed by atoms with Crippen LogP contribution >= 0.6 is 0 Å². The van der Waals surface area contributed by atoms with E-state index in [9.17, 15) is 18.0 Å². The van der Waals surface area contributed by atoms with Crippen LogP contribution in [0, 0.1) is 0 Å². The average Bonchev–Trinajstić information content (AvgIpc) is 2.93. The van der Waals surface area contributed by atoms with Gasteiger partial charge in [0.2, 0.25) is 0 Å². The first-order valence-electron chi connectivity index (χ1n) is 6.56. The number of hydrogen-bond donors (Lipinski definition) is 3. The van der Waals surface area contributed by atoms with E-state index in [1.54, 1.807) is 18.3 Å². The Morgan fingerprint density at radius 3 is 2.74 bits per heavy atom. The van der Waals surface area contributed by atoms with Gasteiger partial charge in [0.25, 0.3) is 5.91 Å². The van der Waals surface area contributed by atoms with Crippen LogP contribution in [-0.4, -0.2) is 15.9 Å². The van der Waals surface area contributed by atoms with Gasteiger partial charge in [-0.15, -0.1) is 0 Å². The molecule has 118 valence electrons. The Morgan fingerprint density at radius 2 is 2.00 bits per heavy atom. The zero-order valence-corrected chi connectivity index (χ0v) is 11.6. The highest BCUT2D eigenvalue weighted by molar-refractivity contribution is 6.07. The molecule has 2 heterocycles. The Morgan fingerprint density at radius 1 is 1.22 bits per heavy atom. The Kier molecular flexibility index (Phi) is 3.44. The Hall–Kier alpha value is -3.03. The number of carbonyl (C=O) groups excluding carboxylic acids is 1. The molecule has 3 rings (SSSR count). The van der Waals surface area contributed by atoms with Crippen molar-refractivity contribution in [2.24, 2.45) is 0 Å². The minimum atomic E-state index is -4.55. The molecule has 0 aliphatic rings. The molecule has 23 heavy (non-hydrogen) atoms. The molecule has 0 aliphatic carbocycles. The maximum Gasteiger partial charge on any atom is 0.416 e. The maximum absolute atomic E-state index is 12.7. The van der Waals surface area contributed by atoms with Gasteiger partial charge in [-0.25, -0.2) is 4.98 Å². The Labute approximate surface area is 128 Å². The number of fused-ring (bicyclic) bond motifs is 1. The number of pyridine rings is 1. The number of H-pyrrole nitrogens is 1. The van der Waals surface area contributed by atoms with Crippen LogP contribution in [0.5, 0.6) is 0 Å². The number of alkyl halides is 3. The number of rotatable bonds is 2. The second-order valence-electron chi connectivity index (χ2n) is 4.89. The predicted molar refractivity (Wildman–Crippen MR) is 79.9 cm³/mol. The number of nitrogens with two attached hydrogens (primary N) is 1. The fourth-order valence-electron chi connectivity index (χ4n) is 2.13. The lowest BCUT2D eigenvalue weighted by molar-refractivity contribution is -0.137. The third kappa shape index (κ3) is 2.96. The molecule has 0 spiro atoms. The zero-order chi connectivity index (χ0) is 16.6. The summed E-state index contributed by atoms with van der Waals surface area (Å²) in [5.74, 6) is -0.533. The molecule has 0 bridgehead atoms. The molecule has 0 saturated carbocycles. The molecular formula is C15H11F3N4O. The molecule has 8 heteroatoms. The smallest absolute Gasteiger partial charge is 0.398 e. The molecule has 0 unspecified atom stereocenters. The highest BCUT2D eigenvalue weighted by Crippen LogP contribution is 2.31. The SMILES string of the molecule is Nc1ccc(C(F)(F)F)cc1C(=O)Nc1cc2cc[nH]c2cn1. The Balaban J connectivity index is 1.90. The number of hydrogen-bond acceptors (Lipinski definition) is 3. The van der Waals surface area contributed by atoms with Gasteiger partial charge in [0.05, 0.1) is 22.8 Å². The van der Waals surface area contributed by atoms with E-state index in [0.29, 0.717) is 0 Å². The summed E-state index contributed by atoms with van der Waals surface area (Å²) in [6, 6.07) is 6.00. The third-order valence-corrected chi connectivity index (χ3v) is 3.30. The van der Waals surface area contributed by atoms with Gasteiger partial charge < -0.3 is 16.0 Å². The van der Waals surface area contributed by atoms with Crippen molar-refractivity contribution < 1.29 is 18.0 Å². The summed E-state index contributed by atoms with van der Waals surface area (Å²) in [7, 11) is 0. The maximum atomic E-state index is 12.7. The number of aromatic amines is 1. The lowest BCUT2D eigenvalue weighted by Crippen LogP contribution is -2.16. The van der Waals surface area contributed by atoms with Crippen molar-refractivity contribution in [1.82, 2.24) is 9.97 Å². The van der Waals surface area contributed by atoms with Crippen molar-refractivity contribution in [3.8, 4) is 0 Å². The van der Waals surface area contributed by atoms with Gasteiger partial charge in [0, 0.05) is 17.3 Å². The van der Waals surface area contributed by atoms with Gasteiger partial charge >= 0.3 is 6.18 Å². The first-order valence-corrected chi connectivity index (χ1v) is 6.56. The van der Waals surface area contributed by atoms with E-state index in [4.69, 9.17) is 5.73 Å². The van der Waals surface area contributed by atoms with Crippen LogP contribution in [0.4, 0.5) is 24.7 Å². The summed E-state index contributed by atoms with van der Waals surface area (Å²) in [4.78, 5) is 19.1. The van der Waals surface area contributed by atoms with Crippen LogP contribution in [0.15, 0.2) is 42.7 Å². The average molecular weight is 320 g/mol. The number of nitrogens with one attached hydrogen (secondary N) is 2. The summed E-state index contributed by atoms with van der Waals surface area (Å²) in [5, 5.41) is 3.26. The summed E-state index contributed by atoms with van der Waals surface area (Å²) in [6.45, 7) is 0. The van der Waals surface area contributed by atoms with Crippen molar-refractivity contribution in [3.63, 3.8) is 0 Å². The molecule has 1 amide bonds. The third-order valence-electron chi connectivity index (χ3n) is 3.30. The molecule has 0 radical (unpaired) electrons. The normalized spacial score (nSPS) is 11.6. The van der Waals surface area contributed by atoms with E-state index < -0.39 is 17.6 Å². The van der Waals surface area contributed by atoms with Crippen molar-refractivity contribution in [2.45, 2.75) is 6.18 Å². The molecule has 5 nitrogen and oxygen atoms in total. The first-order chi connectivity index (χ1) is 10.8. The molecule has 1 aromatic carbocycles. The lowest BCUT2D eigenvalue weighted by Gasteiger charge is -2.11. The van der Waals surface area contributed by atoms with Crippen molar-refractivity contribution in [2.75, 3.05) is 11.1 Å². The van der Waals surface area contributed by atoms with E-state index >= 15 is 0 Å². The van der Waals surface area contributed by atoms with E-state index in [1.165, 1.54) is 6.20 Å². The summed E-state index contributed by atoms with van der Waals surface area (Å²) in [6.07, 6.45) is -1.33. The fraction of sp³-hybridized carbons (Fsp3) is 0.0667. The number of nitrogen functional groups attached to an aromatic ring is 1. The molecule has 2 aromatic heterocycles. The number of nitrogens with zero attached hydrogens (tertiary/aromatic N) is 1. The summed E-state index contributed by atoms with van der Waals surface area (Å²) < 4.78 is 38.2. The lowest BCUT2D eigenvalue weighted by atomic mass is 10.1. The van der Waals surface area contributed by atoms with Gasteiger partial charge in [-0.1, -0.05) is 0 Å². The van der Waals surface area contributed by atoms with Crippen LogP contribution in [0.1, 0.15) is 15.9 Å². The number of carbonyl (C=O) groups is 1. The van der Waals surface area contributed by atoms with E-state index in [2.05, 4.69) is 15.3 Å². The molecule has 0 saturated heterocycles. The largest absolute Gasteiger partial charge is 0.416 e. The minimum Gasteiger partial charge on any atom is -0.398 e. The first kappa shape index (κ1) is 14.9. The number of amides is 1. The number of halogens is 3. The van der Waals surface area contributed by atoms with Crippen LogP contribution in [0.2, 0.25) is 0 Å². The van der Waals surface area contributed by atoms with E-state index in [-0.39, 0.29) is 17.1 Å². The van der Waals surface area contributed by atoms with E-state index in [0.717, 1.165) is 29.1 Å². The fourth-order valence-corrected chi connectivity index (χ4v) is 2.13. The van der Waals surface area contributed by atoms with Crippen LogP contribution in [0.3, 0.4) is 0 Å². The highest BCUT2D eigenvalue weighted by atomic mass is 19.4.